The molecule has 7 heteroatoms. The molecule has 1 saturated heterocycles. The molecule has 0 saturated carbocycles. The molecule has 0 amide bonds. The quantitative estimate of drug-likeness (QED) is 0.767. The molecule has 19 heavy (non-hydrogen) atoms. The molecule has 0 N–H and O–H groups in total. The fourth-order valence-electron chi connectivity index (χ4n) is 1.95. The first-order chi connectivity index (χ1) is 9.22. The van der Waals surface area contributed by atoms with E-state index in [2.05, 4.69) is 9.97 Å². The fraction of sp³-hybridized carbons (Fsp3) is 0.167. The van der Waals surface area contributed by atoms with Gasteiger partial charge in [0.2, 0.25) is 0 Å². The Balaban J connectivity index is 1.77. The van der Waals surface area contributed by atoms with Crippen LogP contribution in [0.3, 0.4) is 0 Å². The molecule has 2 aromatic heterocycles. The molecule has 0 atom stereocenters. The highest BCUT2D eigenvalue weighted by atomic mass is 19.1. The Morgan fingerprint density at radius 1 is 0.895 bits per heavy atom. The summed E-state index contributed by atoms with van der Waals surface area (Å²) in [5, 5.41) is 0. The van der Waals surface area contributed by atoms with Crippen LogP contribution in [0.25, 0.3) is 0 Å². The zero-order valence-corrected chi connectivity index (χ0v) is 10.0. The van der Waals surface area contributed by atoms with Crippen molar-refractivity contribution in [3.63, 3.8) is 0 Å². The summed E-state index contributed by atoms with van der Waals surface area (Å²) in [6.07, 6.45) is 2.84. The molecule has 0 unspecified atom stereocenters. The van der Waals surface area contributed by atoms with Crippen LogP contribution in [0.4, 0.5) is 20.4 Å². The van der Waals surface area contributed by atoms with Gasteiger partial charge in [0.15, 0.2) is 0 Å². The molecule has 3 rings (SSSR count). The Bertz CT molecular complexity index is 544. The van der Waals surface area contributed by atoms with E-state index in [9.17, 15) is 8.78 Å². The molecule has 2 aromatic rings. The molecule has 0 spiro atoms. The molecule has 4 nitrogen and oxygen atoms in total. The lowest BCUT2D eigenvalue weighted by Gasteiger charge is -2.17. The van der Waals surface area contributed by atoms with Crippen molar-refractivity contribution in [2.75, 3.05) is 22.7 Å². The third-order valence-corrected chi connectivity index (χ3v) is 2.86. The number of hydrogen-bond donors (Lipinski definition) is 0. The standard InChI is InChI=1S/C12H10BF2N4/c14-9-1-3-16-11(7-9)18-5-6-19(13-18)12-8-10(15)2-4-17-12/h1-4,7-8H,5-6H2. The number of pyridine rings is 2. The Kier molecular flexibility index (Phi) is 3.02. The third kappa shape index (κ3) is 2.49. The van der Waals surface area contributed by atoms with Gasteiger partial charge in [0.05, 0.1) is 0 Å². The maximum Gasteiger partial charge on any atom is 0.394 e. The van der Waals surface area contributed by atoms with Gasteiger partial charge in [0.25, 0.3) is 0 Å². The summed E-state index contributed by atoms with van der Waals surface area (Å²) in [6, 6.07) is 5.31. The summed E-state index contributed by atoms with van der Waals surface area (Å²) in [5.74, 6) is 0.388. The van der Waals surface area contributed by atoms with Crippen LogP contribution in [0.1, 0.15) is 0 Å². The van der Waals surface area contributed by atoms with E-state index in [1.807, 2.05) is 0 Å². The van der Waals surface area contributed by atoms with Gasteiger partial charge in [-0.15, -0.1) is 0 Å². The maximum absolute atomic E-state index is 13.1. The minimum absolute atomic E-state index is 0.333. The van der Waals surface area contributed by atoms with Crippen LogP contribution in [0, 0.1) is 11.6 Å². The highest BCUT2D eigenvalue weighted by molar-refractivity contribution is 6.47. The first kappa shape index (κ1) is 11.9. The third-order valence-electron chi connectivity index (χ3n) is 2.86. The second-order valence-electron chi connectivity index (χ2n) is 4.17. The van der Waals surface area contributed by atoms with Gasteiger partial charge in [0, 0.05) is 37.6 Å². The van der Waals surface area contributed by atoms with E-state index in [0.717, 1.165) is 0 Å². The molecule has 0 aliphatic carbocycles. The Morgan fingerprint density at radius 3 is 1.79 bits per heavy atom. The molecule has 0 aromatic carbocycles. The van der Waals surface area contributed by atoms with Crippen molar-refractivity contribution in [3.05, 3.63) is 48.3 Å². The molecule has 1 radical (unpaired) electrons. The predicted molar refractivity (Wildman–Crippen MR) is 68.8 cm³/mol. The number of hydrogen-bond acceptors (Lipinski definition) is 4. The van der Waals surface area contributed by atoms with Crippen LogP contribution in [-0.2, 0) is 0 Å². The average molecular weight is 259 g/mol. The van der Waals surface area contributed by atoms with Crippen molar-refractivity contribution in [2.24, 2.45) is 0 Å². The van der Waals surface area contributed by atoms with Crippen LogP contribution < -0.4 is 9.62 Å². The van der Waals surface area contributed by atoms with Gasteiger partial charge in [-0.25, -0.2) is 18.7 Å². The largest absolute Gasteiger partial charge is 0.394 e. The number of anilines is 2. The maximum atomic E-state index is 13.1. The second-order valence-corrected chi connectivity index (χ2v) is 4.17. The summed E-state index contributed by atoms with van der Waals surface area (Å²) < 4.78 is 26.3. The van der Waals surface area contributed by atoms with Crippen molar-refractivity contribution in [2.45, 2.75) is 0 Å². The SMILES string of the molecule is Fc1ccnc(N2[B]N(c3cc(F)ccn3)CC2)c1. The summed E-state index contributed by atoms with van der Waals surface area (Å²) >= 11 is 0. The normalized spacial score (nSPS) is 14.6. The van der Waals surface area contributed by atoms with E-state index in [4.69, 9.17) is 0 Å². The molecular weight excluding hydrogens is 249 g/mol. The Morgan fingerprint density at radius 2 is 1.37 bits per heavy atom. The number of halogens is 2. The Hall–Kier alpha value is -2.18. The van der Waals surface area contributed by atoms with E-state index < -0.39 is 0 Å². The van der Waals surface area contributed by atoms with Gasteiger partial charge in [-0.3, -0.25) is 0 Å². The average Bonchev–Trinajstić information content (AvgIpc) is 2.88. The molecule has 3 heterocycles. The van der Waals surface area contributed by atoms with Crippen LogP contribution in [0.2, 0.25) is 0 Å². The lowest BCUT2D eigenvalue weighted by molar-refractivity contribution is 0.625. The Labute approximate surface area is 110 Å². The van der Waals surface area contributed by atoms with E-state index in [1.54, 1.807) is 17.2 Å². The fourth-order valence-corrected chi connectivity index (χ4v) is 1.95. The topological polar surface area (TPSA) is 32.3 Å². The van der Waals surface area contributed by atoms with Crippen molar-refractivity contribution in [3.8, 4) is 0 Å². The first-order valence-electron chi connectivity index (χ1n) is 5.84. The first-order valence-corrected chi connectivity index (χ1v) is 5.84. The van der Waals surface area contributed by atoms with Gasteiger partial charge in [-0.2, -0.15) is 0 Å². The number of rotatable bonds is 2. The highest BCUT2D eigenvalue weighted by Gasteiger charge is 2.25. The molecular formula is C12H10BF2N4. The molecule has 0 bridgehead atoms. The monoisotopic (exact) mass is 259 g/mol. The van der Waals surface area contributed by atoms with Gasteiger partial charge in [-0.1, -0.05) is 0 Å². The second kappa shape index (κ2) is 4.83. The van der Waals surface area contributed by atoms with Crippen LogP contribution >= 0.6 is 0 Å². The minimum atomic E-state index is -0.333. The van der Waals surface area contributed by atoms with Gasteiger partial charge in [0.1, 0.15) is 23.3 Å². The molecule has 1 aliphatic rings. The van der Waals surface area contributed by atoms with Crippen molar-refractivity contribution >= 4 is 19.2 Å². The number of aromatic nitrogens is 2. The van der Waals surface area contributed by atoms with E-state index in [-0.39, 0.29) is 11.6 Å². The van der Waals surface area contributed by atoms with Crippen molar-refractivity contribution < 1.29 is 8.78 Å². The molecule has 95 valence electrons. The van der Waals surface area contributed by atoms with Crippen molar-refractivity contribution in [1.29, 1.82) is 0 Å². The van der Waals surface area contributed by atoms with Crippen LogP contribution in [0.15, 0.2) is 36.7 Å². The summed E-state index contributed by atoms with van der Waals surface area (Å²) in [4.78, 5) is 11.8. The van der Waals surface area contributed by atoms with Gasteiger partial charge < -0.3 is 9.62 Å². The summed E-state index contributed by atoms with van der Waals surface area (Å²) in [6.45, 7) is 1.29. The zero-order valence-electron chi connectivity index (χ0n) is 10.0. The minimum Gasteiger partial charge on any atom is -0.382 e. The van der Waals surface area contributed by atoms with Crippen molar-refractivity contribution in [1.82, 2.24) is 9.97 Å². The van der Waals surface area contributed by atoms with E-state index >= 15 is 0 Å². The lowest BCUT2D eigenvalue weighted by Crippen LogP contribution is -2.30. The van der Waals surface area contributed by atoms with Gasteiger partial charge >= 0.3 is 7.55 Å². The predicted octanol–water partition coefficient (Wildman–Crippen LogP) is 1.62. The zero-order chi connectivity index (χ0) is 13.2. The number of nitrogens with zero attached hydrogens (tertiary/aromatic N) is 4. The smallest absolute Gasteiger partial charge is 0.382 e. The molecule has 1 fully saturated rings. The summed E-state index contributed by atoms with van der Waals surface area (Å²) in [5.41, 5.74) is 0. The lowest BCUT2D eigenvalue weighted by atomic mass is 10.1. The van der Waals surface area contributed by atoms with E-state index in [0.29, 0.717) is 24.7 Å². The summed E-state index contributed by atoms with van der Waals surface area (Å²) in [7, 11) is 1.75. The van der Waals surface area contributed by atoms with Gasteiger partial charge in [-0.05, 0) is 12.1 Å². The van der Waals surface area contributed by atoms with Crippen LogP contribution in [0.5, 0.6) is 0 Å². The highest BCUT2D eigenvalue weighted by Crippen LogP contribution is 2.19. The molecule has 1 aliphatic heterocycles. The van der Waals surface area contributed by atoms with E-state index in [1.165, 1.54) is 36.7 Å². The van der Waals surface area contributed by atoms with Crippen LogP contribution in [-0.4, -0.2) is 30.6 Å².